The second-order valence-electron chi connectivity index (χ2n) is 4.20. The number of thiophene rings is 1. The Balaban J connectivity index is 1.97. The molecule has 1 heterocycles. The fourth-order valence-corrected chi connectivity index (χ4v) is 2.45. The predicted molar refractivity (Wildman–Crippen MR) is 80.9 cm³/mol. The second-order valence-corrected chi connectivity index (χ2v) is 4.98. The molecule has 0 aliphatic rings. The molecule has 1 atom stereocenters. The van der Waals surface area contributed by atoms with Gasteiger partial charge in [-0.15, -0.1) is 0 Å². The Kier molecular flexibility index (Phi) is 4.41. The van der Waals surface area contributed by atoms with Crippen molar-refractivity contribution in [3.05, 3.63) is 46.7 Å². The van der Waals surface area contributed by atoms with Crippen molar-refractivity contribution in [1.82, 2.24) is 5.32 Å². The van der Waals surface area contributed by atoms with Crippen molar-refractivity contribution in [3.63, 3.8) is 0 Å². The van der Waals surface area contributed by atoms with Gasteiger partial charge in [-0.25, -0.2) is 4.79 Å². The van der Waals surface area contributed by atoms with Crippen LogP contribution in [0.25, 0.3) is 0 Å². The number of urea groups is 1. The lowest BCUT2D eigenvalue weighted by molar-refractivity contribution is 0.254. The van der Waals surface area contributed by atoms with E-state index in [1.165, 1.54) is 5.56 Å². The van der Waals surface area contributed by atoms with Gasteiger partial charge in [0.2, 0.25) is 0 Å². The summed E-state index contributed by atoms with van der Waals surface area (Å²) < 4.78 is 0. The molecule has 0 aliphatic heterocycles. The molecule has 0 saturated carbocycles. The van der Waals surface area contributed by atoms with Gasteiger partial charge in [-0.05, 0) is 53.6 Å². The molecule has 4 nitrogen and oxygen atoms in total. The first-order chi connectivity index (χ1) is 9.19. The van der Waals surface area contributed by atoms with Gasteiger partial charge in [0.15, 0.2) is 0 Å². The number of anilines is 2. The summed E-state index contributed by atoms with van der Waals surface area (Å²) in [7, 11) is 1.59. The van der Waals surface area contributed by atoms with E-state index in [9.17, 15) is 4.79 Å². The highest BCUT2D eigenvalue weighted by atomic mass is 32.1. The molecule has 19 heavy (non-hydrogen) atoms. The number of amides is 2. The zero-order valence-electron chi connectivity index (χ0n) is 10.9. The molecular formula is C14H17N3OS. The maximum Gasteiger partial charge on any atom is 0.318 e. The molecule has 0 bridgehead atoms. The molecule has 3 N–H and O–H groups in total. The first kappa shape index (κ1) is 13.4. The maximum absolute atomic E-state index is 11.2. The standard InChI is InChI=1S/C14H17N3OS/c1-10(11-7-8-19-9-11)16-12-3-5-13(6-4-12)17-14(18)15-2/h3-10,16H,1-2H3,(H2,15,17,18). The van der Waals surface area contributed by atoms with E-state index in [0.29, 0.717) is 0 Å². The average molecular weight is 275 g/mol. The molecule has 1 unspecified atom stereocenters. The highest BCUT2D eigenvalue weighted by molar-refractivity contribution is 7.07. The van der Waals surface area contributed by atoms with Crippen molar-refractivity contribution in [3.8, 4) is 0 Å². The van der Waals surface area contributed by atoms with Crippen molar-refractivity contribution in [1.29, 1.82) is 0 Å². The summed E-state index contributed by atoms with van der Waals surface area (Å²) in [6.07, 6.45) is 0. The zero-order chi connectivity index (χ0) is 13.7. The molecule has 1 aromatic heterocycles. The predicted octanol–water partition coefficient (Wildman–Crippen LogP) is 3.67. The van der Waals surface area contributed by atoms with Crippen LogP contribution in [0, 0.1) is 0 Å². The molecule has 0 aliphatic carbocycles. The van der Waals surface area contributed by atoms with Crippen LogP contribution in [-0.4, -0.2) is 13.1 Å². The third kappa shape index (κ3) is 3.72. The van der Waals surface area contributed by atoms with Crippen LogP contribution in [0.5, 0.6) is 0 Å². The molecule has 2 aromatic rings. The number of nitrogens with one attached hydrogen (secondary N) is 3. The Morgan fingerprint density at radius 1 is 1.16 bits per heavy atom. The van der Waals surface area contributed by atoms with Gasteiger partial charge in [-0.3, -0.25) is 0 Å². The third-order valence-electron chi connectivity index (χ3n) is 2.80. The normalized spacial score (nSPS) is 11.7. The van der Waals surface area contributed by atoms with E-state index in [0.717, 1.165) is 11.4 Å². The van der Waals surface area contributed by atoms with Crippen molar-refractivity contribution in [2.75, 3.05) is 17.7 Å². The van der Waals surface area contributed by atoms with Crippen LogP contribution in [0.3, 0.4) is 0 Å². The topological polar surface area (TPSA) is 53.2 Å². The largest absolute Gasteiger partial charge is 0.378 e. The number of hydrogen-bond acceptors (Lipinski definition) is 3. The number of carbonyl (C=O) groups is 1. The van der Waals surface area contributed by atoms with E-state index in [1.54, 1.807) is 18.4 Å². The van der Waals surface area contributed by atoms with Crippen LogP contribution in [-0.2, 0) is 0 Å². The van der Waals surface area contributed by atoms with E-state index in [2.05, 4.69) is 39.7 Å². The minimum absolute atomic E-state index is 0.215. The van der Waals surface area contributed by atoms with Crippen molar-refractivity contribution in [2.24, 2.45) is 0 Å². The molecule has 0 spiro atoms. The maximum atomic E-state index is 11.2. The van der Waals surface area contributed by atoms with Crippen LogP contribution in [0.1, 0.15) is 18.5 Å². The number of carbonyl (C=O) groups excluding carboxylic acids is 1. The summed E-state index contributed by atoms with van der Waals surface area (Å²) in [6.45, 7) is 2.12. The van der Waals surface area contributed by atoms with Crippen LogP contribution in [0.15, 0.2) is 41.1 Å². The summed E-state index contributed by atoms with van der Waals surface area (Å²) >= 11 is 1.70. The molecule has 0 radical (unpaired) electrons. The minimum atomic E-state index is -0.215. The third-order valence-corrected chi connectivity index (χ3v) is 3.50. The van der Waals surface area contributed by atoms with E-state index in [1.807, 2.05) is 24.3 Å². The Bertz CT molecular complexity index is 522. The quantitative estimate of drug-likeness (QED) is 0.797. The second kappa shape index (κ2) is 6.24. The van der Waals surface area contributed by atoms with E-state index < -0.39 is 0 Å². The van der Waals surface area contributed by atoms with Crippen LogP contribution in [0.4, 0.5) is 16.2 Å². The summed E-state index contributed by atoms with van der Waals surface area (Å²) in [5.74, 6) is 0. The van der Waals surface area contributed by atoms with Gasteiger partial charge in [-0.1, -0.05) is 0 Å². The molecule has 2 amide bonds. The number of hydrogen-bond donors (Lipinski definition) is 3. The molecule has 5 heteroatoms. The van der Waals surface area contributed by atoms with Crippen molar-refractivity contribution >= 4 is 28.7 Å². The van der Waals surface area contributed by atoms with Crippen molar-refractivity contribution < 1.29 is 4.79 Å². The van der Waals surface area contributed by atoms with Gasteiger partial charge in [0.05, 0.1) is 0 Å². The average Bonchev–Trinajstić information content (AvgIpc) is 2.95. The molecule has 1 aromatic carbocycles. The molecule has 100 valence electrons. The van der Waals surface area contributed by atoms with Crippen LogP contribution < -0.4 is 16.0 Å². The lowest BCUT2D eigenvalue weighted by atomic mass is 10.1. The summed E-state index contributed by atoms with van der Waals surface area (Å²) in [5, 5.41) is 12.9. The van der Waals surface area contributed by atoms with Gasteiger partial charge < -0.3 is 16.0 Å². The molecule has 2 rings (SSSR count). The smallest absolute Gasteiger partial charge is 0.318 e. The Morgan fingerprint density at radius 3 is 2.42 bits per heavy atom. The Morgan fingerprint density at radius 2 is 1.84 bits per heavy atom. The molecular weight excluding hydrogens is 258 g/mol. The first-order valence-corrected chi connectivity index (χ1v) is 7.01. The van der Waals surface area contributed by atoms with Gasteiger partial charge in [-0.2, -0.15) is 11.3 Å². The highest BCUT2D eigenvalue weighted by Gasteiger charge is 2.05. The Labute approximate surface area is 116 Å². The first-order valence-electron chi connectivity index (χ1n) is 6.06. The van der Waals surface area contributed by atoms with Crippen molar-refractivity contribution in [2.45, 2.75) is 13.0 Å². The summed E-state index contributed by atoms with van der Waals surface area (Å²) in [4.78, 5) is 11.2. The van der Waals surface area contributed by atoms with Gasteiger partial charge in [0.1, 0.15) is 0 Å². The van der Waals surface area contributed by atoms with Crippen LogP contribution in [0.2, 0.25) is 0 Å². The lowest BCUT2D eigenvalue weighted by Crippen LogP contribution is -2.24. The molecule has 0 saturated heterocycles. The fourth-order valence-electron chi connectivity index (χ4n) is 1.70. The monoisotopic (exact) mass is 275 g/mol. The van der Waals surface area contributed by atoms with E-state index in [4.69, 9.17) is 0 Å². The summed E-state index contributed by atoms with van der Waals surface area (Å²) in [5.41, 5.74) is 3.08. The number of benzene rings is 1. The zero-order valence-corrected chi connectivity index (χ0v) is 11.8. The fraction of sp³-hybridized carbons (Fsp3) is 0.214. The van der Waals surface area contributed by atoms with E-state index >= 15 is 0 Å². The minimum Gasteiger partial charge on any atom is -0.378 e. The Hall–Kier alpha value is -2.01. The van der Waals surface area contributed by atoms with Crippen LogP contribution >= 0.6 is 11.3 Å². The SMILES string of the molecule is CNC(=O)Nc1ccc(NC(C)c2ccsc2)cc1. The highest BCUT2D eigenvalue weighted by Crippen LogP contribution is 2.22. The molecule has 0 fully saturated rings. The van der Waals surface area contributed by atoms with Gasteiger partial charge in [0.25, 0.3) is 0 Å². The number of rotatable bonds is 4. The van der Waals surface area contributed by atoms with E-state index in [-0.39, 0.29) is 12.1 Å². The van der Waals surface area contributed by atoms with Gasteiger partial charge >= 0.3 is 6.03 Å². The van der Waals surface area contributed by atoms with Gasteiger partial charge in [0, 0.05) is 24.5 Å². The summed E-state index contributed by atoms with van der Waals surface area (Å²) in [6, 6.07) is 9.82. The lowest BCUT2D eigenvalue weighted by Gasteiger charge is -2.14.